The van der Waals surface area contributed by atoms with Gasteiger partial charge in [-0.15, -0.1) is 0 Å². The average Bonchev–Trinajstić information content (AvgIpc) is 2.91. The Morgan fingerprint density at radius 1 is 1.21 bits per heavy atom. The molecule has 0 aliphatic rings. The molecule has 0 saturated heterocycles. The highest BCUT2D eigenvalue weighted by Crippen LogP contribution is 2.14. The number of aromatic nitrogens is 2. The van der Waals surface area contributed by atoms with Crippen molar-refractivity contribution in [2.45, 2.75) is 27.3 Å². The zero-order valence-corrected chi connectivity index (χ0v) is 17.1. The highest BCUT2D eigenvalue weighted by molar-refractivity contribution is 5.89. The minimum absolute atomic E-state index is 0.274. The van der Waals surface area contributed by atoms with Crippen molar-refractivity contribution in [2.24, 2.45) is 7.05 Å². The third-order valence-corrected chi connectivity index (χ3v) is 4.37. The maximum Gasteiger partial charge on any atom is 0.331 e. The van der Waals surface area contributed by atoms with Gasteiger partial charge in [0.25, 0.3) is 5.91 Å². The number of esters is 1. The lowest BCUT2D eigenvalue weighted by molar-refractivity contribution is -0.147. The van der Waals surface area contributed by atoms with Crippen LogP contribution in [0.15, 0.2) is 30.3 Å². The number of amides is 1. The van der Waals surface area contributed by atoms with E-state index >= 15 is 0 Å². The summed E-state index contributed by atoms with van der Waals surface area (Å²) in [5.41, 5.74) is 3.62. The molecule has 0 aliphatic heterocycles. The number of carbonyl (C=O) groups is 2. The van der Waals surface area contributed by atoms with Crippen molar-refractivity contribution in [3.63, 3.8) is 0 Å². The van der Waals surface area contributed by atoms with Gasteiger partial charge < -0.3 is 14.4 Å². The molecule has 1 amide bonds. The molecule has 2 aromatic rings. The van der Waals surface area contributed by atoms with Crippen LogP contribution < -0.4 is 4.74 Å². The lowest BCUT2D eigenvalue weighted by Crippen LogP contribution is -2.30. The number of carbonyl (C=O) groups excluding carboxylic acids is 2. The van der Waals surface area contributed by atoms with Crippen molar-refractivity contribution >= 4 is 18.0 Å². The summed E-state index contributed by atoms with van der Waals surface area (Å²) in [5.74, 6) is -0.0464. The zero-order valence-electron chi connectivity index (χ0n) is 17.1. The van der Waals surface area contributed by atoms with Crippen LogP contribution in [-0.2, 0) is 27.9 Å². The first-order chi connectivity index (χ1) is 13.3. The molecule has 0 saturated carbocycles. The lowest BCUT2D eigenvalue weighted by Gasteiger charge is -2.17. The van der Waals surface area contributed by atoms with Gasteiger partial charge in [-0.3, -0.25) is 9.48 Å². The predicted octanol–water partition coefficient (Wildman–Crippen LogP) is 2.65. The summed E-state index contributed by atoms with van der Waals surface area (Å²) in [7, 11) is 3.52. The van der Waals surface area contributed by atoms with Gasteiger partial charge in [-0.05, 0) is 44.5 Å². The fraction of sp³-hybridized carbons (Fsp3) is 0.381. The molecule has 0 spiro atoms. The average molecular weight is 385 g/mol. The number of hydrogen-bond acceptors (Lipinski definition) is 5. The van der Waals surface area contributed by atoms with E-state index in [1.165, 1.54) is 11.0 Å². The van der Waals surface area contributed by atoms with Gasteiger partial charge in [0, 0.05) is 38.0 Å². The number of benzene rings is 1. The van der Waals surface area contributed by atoms with Gasteiger partial charge in [0.05, 0.1) is 12.3 Å². The quantitative estimate of drug-likeness (QED) is 0.516. The maximum absolute atomic E-state index is 12.2. The van der Waals surface area contributed by atoms with E-state index in [-0.39, 0.29) is 12.5 Å². The van der Waals surface area contributed by atoms with Crippen molar-refractivity contribution in [2.75, 3.05) is 20.3 Å². The minimum Gasteiger partial charge on any atom is -0.494 e. The van der Waals surface area contributed by atoms with Crippen LogP contribution in [0.5, 0.6) is 5.75 Å². The van der Waals surface area contributed by atoms with E-state index in [1.807, 2.05) is 52.1 Å². The molecule has 0 aliphatic carbocycles. The molecule has 0 unspecified atom stereocenters. The summed E-state index contributed by atoms with van der Waals surface area (Å²) in [4.78, 5) is 25.6. The monoisotopic (exact) mass is 385 g/mol. The van der Waals surface area contributed by atoms with Gasteiger partial charge in [0.1, 0.15) is 5.75 Å². The SMILES string of the molecule is CCOc1ccc(CN(C)C(=O)COC(=O)/C=C/c2c(C)nn(C)c2C)cc1. The fourth-order valence-corrected chi connectivity index (χ4v) is 2.69. The lowest BCUT2D eigenvalue weighted by atomic mass is 10.2. The Morgan fingerprint density at radius 3 is 2.46 bits per heavy atom. The Kier molecular flexibility index (Phi) is 7.37. The van der Waals surface area contributed by atoms with E-state index in [1.54, 1.807) is 17.8 Å². The highest BCUT2D eigenvalue weighted by Gasteiger charge is 2.12. The van der Waals surface area contributed by atoms with Gasteiger partial charge in [-0.2, -0.15) is 5.10 Å². The number of hydrogen-bond donors (Lipinski definition) is 0. The first-order valence-corrected chi connectivity index (χ1v) is 9.12. The second-order valence-electron chi connectivity index (χ2n) is 6.48. The zero-order chi connectivity index (χ0) is 20.7. The first kappa shape index (κ1) is 21.2. The van der Waals surface area contributed by atoms with Crippen LogP contribution in [0.3, 0.4) is 0 Å². The van der Waals surface area contributed by atoms with Crippen LogP contribution in [0.4, 0.5) is 0 Å². The summed E-state index contributed by atoms with van der Waals surface area (Å²) in [6.45, 7) is 6.45. The predicted molar refractivity (Wildman–Crippen MR) is 107 cm³/mol. The molecule has 1 aromatic heterocycles. The van der Waals surface area contributed by atoms with Gasteiger partial charge >= 0.3 is 5.97 Å². The van der Waals surface area contributed by atoms with Crippen LogP contribution in [0.2, 0.25) is 0 Å². The molecule has 7 nitrogen and oxygen atoms in total. The molecule has 7 heteroatoms. The molecule has 0 bridgehead atoms. The molecule has 0 fully saturated rings. The fourth-order valence-electron chi connectivity index (χ4n) is 2.69. The second-order valence-corrected chi connectivity index (χ2v) is 6.48. The normalized spacial score (nSPS) is 10.9. The van der Waals surface area contributed by atoms with Crippen molar-refractivity contribution in [1.82, 2.24) is 14.7 Å². The van der Waals surface area contributed by atoms with Crippen LogP contribution >= 0.6 is 0 Å². The Bertz CT molecular complexity index is 853. The van der Waals surface area contributed by atoms with Crippen LogP contribution in [0.25, 0.3) is 6.08 Å². The number of likely N-dealkylation sites (N-methyl/N-ethyl adjacent to an activating group) is 1. The summed E-state index contributed by atoms with van der Waals surface area (Å²) >= 11 is 0. The molecule has 0 radical (unpaired) electrons. The van der Waals surface area contributed by atoms with Crippen LogP contribution in [0.1, 0.15) is 29.4 Å². The van der Waals surface area contributed by atoms with E-state index < -0.39 is 5.97 Å². The largest absolute Gasteiger partial charge is 0.494 e. The topological polar surface area (TPSA) is 73.7 Å². The van der Waals surface area contributed by atoms with Gasteiger partial charge in [-0.25, -0.2) is 4.79 Å². The Balaban J connectivity index is 1.83. The van der Waals surface area contributed by atoms with E-state index in [9.17, 15) is 9.59 Å². The Labute approximate surface area is 165 Å². The van der Waals surface area contributed by atoms with E-state index in [4.69, 9.17) is 9.47 Å². The Hall–Kier alpha value is -3.09. The van der Waals surface area contributed by atoms with E-state index in [0.717, 1.165) is 28.3 Å². The highest BCUT2D eigenvalue weighted by atomic mass is 16.5. The molecular weight excluding hydrogens is 358 g/mol. The summed E-state index contributed by atoms with van der Waals surface area (Å²) < 4.78 is 12.2. The van der Waals surface area contributed by atoms with Gasteiger partial charge in [0.2, 0.25) is 0 Å². The summed E-state index contributed by atoms with van der Waals surface area (Å²) in [6, 6.07) is 7.54. The van der Waals surface area contributed by atoms with Crippen molar-refractivity contribution < 1.29 is 19.1 Å². The molecule has 1 heterocycles. The second kappa shape index (κ2) is 9.73. The third-order valence-electron chi connectivity index (χ3n) is 4.37. The van der Waals surface area contributed by atoms with Crippen molar-refractivity contribution in [1.29, 1.82) is 0 Å². The van der Waals surface area contributed by atoms with E-state index in [0.29, 0.717) is 13.2 Å². The van der Waals surface area contributed by atoms with E-state index in [2.05, 4.69) is 5.10 Å². The van der Waals surface area contributed by atoms with Crippen LogP contribution in [-0.4, -0.2) is 46.8 Å². The Morgan fingerprint density at radius 2 is 1.89 bits per heavy atom. The summed E-state index contributed by atoms with van der Waals surface area (Å²) in [5, 5.41) is 4.29. The van der Waals surface area contributed by atoms with Gasteiger partial charge in [0.15, 0.2) is 6.61 Å². The first-order valence-electron chi connectivity index (χ1n) is 9.12. The van der Waals surface area contributed by atoms with Gasteiger partial charge in [-0.1, -0.05) is 12.1 Å². The standard InChI is InChI=1S/C21H27N3O4/c1-6-27-18-9-7-17(8-10-18)13-23(4)20(25)14-28-21(26)12-11-19-15(2)22-24(5)16(19)3/h7-12H,6,13-14H2,1-5H3/b12-11+. The third kappa shape index (κ3) is 5.70. The van der Waals surface area contributed by atoms with Crippen molar-refractivity contribution in [3.05, 3.63) is 52.9 Å². The molecular formula is C21H27N3O4. The summed E-state index contributed by atoms with van der Waals surface area (Å²) in [6.07, 6.45) is 2.98. The molecule has 1 aromatic carbocycles. The molecule has 150 valence electrons. The minimum atomic E-state index is -0.564. The molecule has 2 rings (SSSR count). The number of aryl methyl sites for hydroxylation is 2. The van der Waals surface area contributed by atoms with Crippen molar-refractivity contribution in [3.8, 4) is 5.75 Å². The molecule has 0 atom stereocenters. The molecule has 0 N–H and O–H groups in total. The number of ether oxygens (including phenoxy) is 2. The molecule has 28 heavy (non-hydrogen) atoms. The number of rotatable bonds is 8. The van der Waals surface area contributed by atoms with Crippen LogP contribution in [0, 0.1) is 13.8 Å². The smallest absolute Gasteiger partial charge is 0.331 e. The maximum atomic E-state index is 12.2. The number of nitrogens with zero attached hydrogens (tertiary/aromatic N) is 3.